The summed E-state index contributed by atoms with van der Waals surface area (Å²) in [4.78, 5) is 14.8. The van der Waals surface area contributed by atoms with Gasteiger partial charge in [-0.1, -0.05) is 12.1 Å². The molecule has 2 N–H and O–H groups in total. The molecule has 31 heavy (non-hydrogen) atoms. The van der Waals surface area contributed by atoms with Gasteiger partial charge < -0.3 is 24.2 Å². The first kappa shape index (κ1) is 22.1. The summed E-state index contributed by atoms with van der Waals surface area (Å²) in [6.07, 6.45) is 3.09. The van der Waals surface area contributed by atoms with Crippen molar-refractivity contribution in [2.75, 3.05) is 26.6 Å². The zero-order valence-electron chi connectivity index (χ0n) is 18.7. The van der Waals surface area contributed by atoms with Crippen LogP contribution in [0.5, 0.6) is 5.75 Å². The molecule has 3 heterocycles. The fourth-order valence-corrected chi connectivity index (χ4v) is 4.74. The van der Waals surface area contributed by atoms with Crippen LogP contribution in [-0.4, -0.2) is 66.4 Å². The number of nitrogens with one attached hydrogen (secondary N) is 1. The maximum atomic E-state index is 12.9. The predicted molar refractivity (Wildman–Crippen MR) is 118 cm³/mol. The molecule has 170 valence electrons. The van der Waals surface area contributed by atoms with Crippen molar-refractivity contribution in [3.63, 3.8) is 0 Å². The Morgan fingerprint density at radius 3 is 2.52 bits per heavy atom. The molecule has 7 heteroatoms. The predicted octanol–water partition coefficient (Wildman–Crippen LogP) is 3.32. The number of benzene rings is 1. The number of aliphatic hydroxyl groups excluding tert-OH is 1. The Morgan fingerprint density at radius 1 is 1.19 bits per heavy atom. The zero-order chi connectivity index (χ0) is 22.0. The number of ether oxygens (including phenoxy) is 3. The molecule has 3 aliphatic rings. The number of hydrogen-bond acceptors (Lipinski definition) is 6. The highest BCUT2D eigenvalue weighted by molar-refractivity contribution is 5.74. The van der Waals surface area contributed by atoms with E-state index in [9.17, 15) is 9.90 Å². The molecular weight excluding hydrogens is 396 g/mol. The second-order valence-corrected chi connectivity index (χ2v) is 9.67. The Bertz CT molecular complexity index is 808. The fraction of sp³-hybridized carbons (Fsp3) is 0.625. The highest BCUT2D eigenvalue weighted by atomic mass is 16.6. The molecule has 2 fully saturated rings. The van der Waals surface area contributed by atoms with Gasteiger partial charge in [-0.15, -0.1) is 0 Å². The van der Waals surface area contributed by atoms with Crippen LogP contribution in [0, 0.1) is 0 Å². The number of fused-ring (bicyclic) bond motifs is 2. The molecule has 3 unspecified atom stereocenters. The molecule has 3 atom stereocenters. The van der Waals surface area contributed by atoms with Crippen LogP contribution in [0.2, 0.25) is 0 Å². The minimum absolute atomic E-state index is 0.00626. The van der Waals surface area contributed by atoms with Crippen LogP contribution in [0.1, 0.15) is 52.0 Å². The molecule has 1 aromatic rings. The molecule has 0 spiro atoms. The van der Waals surface area contributed by atoms with Crippen molar-refractivity contribution in [2.24, 2.45) is 0 Å². The summed E-state index contributed by atoms with van der Waals surface area (Å²) in [6, 6.07) is 8.46. The van der Waals surface area contributed by atoms with E-state index in [4.69, 9.17) is 14.2 Å². The standard InChI is InChI=1S/C24H34N2O5/c1-24(2,3)31-23(28)26-19-6-7-20(26)11-22(17(10-19)12-27)16-4-8-21(9-5-16)30-14-18-13-29-15-25-18/h4-5,8-9,18-20,25,27H,6-7,10-15H2,1-3H3. The summed E-state index contributed by atoms with van der Waals surface area (Å²) in [5, 5.41) is 13.3. The summed E-state index contributed by atoms with van der Waals surface area (Å²) >= 11 is 0. The molecular formula is C24H34N2O5. The quantitative estimate of drug-likeness (QED) is 0.746. The van der Waals surface area contributed by atoms with E-state index in [0.717, 1.165) is 41.7 Å². The van der Waals surface area contributed by atoms with Crippen molar-refractivity contribution >= 4 is 11.7 Å². The minimum atomic E-state index is -0.519. The number of nitrogens with zero attached hydrogens (tertiary/aromatic N) is 1. The van der Waals surface area contributed by atoms with Gasteiger partial charge in [0.25, 0.3) is 0 Å². The van der Waals surface area contributed by atoms with Gasteiger partial charge in [-0.3, -0.25) is 5.32 Å². The van der Waals surface area contributed by atoms with Crippen LogP contribution >= 0.6 is 0 Å². The van der Waals surface area contributed by atoms with Gasteiger partial charge in [0.2, 0.25) is 0 Å². The second kappa shape index (κ2) is 9.18. The Labute approximate surface area is 184 Å². The number of carbonyl (C=O) groups is 1. The lowest BCUT2D eigenvalue weighted by molar-refractivity contribution is 0.0155. The highest BCUT2D eigenvalue weighted by Gasteiger charge is 2.42. The highest BCUT2D eigenvalue weighted by Crippen LogP contribution is 2.41. The Hall–Kier alpha value is -2.09. The smallest absolute Gasteiger partial charge is 0.410 e. The normalized spacial score (nSPS) is 26.2. The molecule has 0 saturated carbocycles. The van der Waals surface area contributed by atoms with Crippen LogP contribution in [0.25, 0.3) is 5.57 Å². The van der Waals surface area contributed by atoms with E-state index < -0.39 is 5.60 Å². The SMILES string of the molecule is CC(C)(C)OC(=O)N1C2CCC1CC(c1ccc(OCC3COCN3)cc1)=C(CO)C2. The second-order valence-electron chi connectivity index (χ2n) is 9.67. The van der Waals surface area contributed by atoms with Gasteiger partial charge >= 0.3 is 6.09 Å². The Morgan fingerprint density at radius 2 is 1.90 bits per heavy atom. The average Bonchev–Trinajstić information content (AvgIpc) is 3.33. The van der Waals surface area contributed by atoms with Gasteiger partial charge in [-0.25, -0.2) is 4.79 Å². The maximum Gasteiger partial charge on any atom is 0.410 e. The van der Waals surface area contributed by atoms with Crippen molar-refractivity contribution < 1.29 is 24.1 Å². The van der Waals surface area contributed by atoms with Crippen LogP contribution < -0.4 is 10.1 Å². The van der Waals surface area contributed by atoms with E-state index in [1.165, 1.54) is 0 Å². The van der Waals surface area contributed by atoms with E-state index in [2.05, 4.69) is 17.4 Å². The van der Waals surface area contributed by atoms with Crippen LogP contribution in [0.15, 0.2) is 29.8 Å². The first-order valence-electron chi connectivity index (χ1n) is 11.2. The van der Waals surface area contributed by atoms with Crippen LogP contribution in [0.3, 0.4) is 0 Å². The number of amides is 1. The third kappa shape index (κ3) is 5.22. The van der Waals surface area contributed by atoms with Gasteiger partial charge in [-0.05, 0) is 75.3 Å². The fourth-order valence-electron chi connectivity index (χ4n) is 4.74. The lowest BCUT2D eigenvalue weighted by atomic mass is 9.89. The molecule has 2 saturated heterocycles. The molecule has 1 amide bonds. The molecule has 2 bridgehead atoms. The van der Waals surface area contributed by atoms with E-state index in [0.29, 0.717) is 26.4 Å². The minimum Gasteiger partial charge on any atom is -0.492 e. The molecule has 0 aromatic heterocycles. The number of hydrogen-bond donors (Lipinski definition) is 2. The number of carbonyl (C=O) groups excluding carboxylic acids is 1. The van der Waals surface area contributed by atoms with E-state index in [1.54, 1.807) is 0 Å². The molecule has 0 radical (unpaired) electrons. The largest absolute Gasteiger partial charge is 0.492 e. The van der Waals surface area contributed by atoms with Crippen LogP contribution in [-0.2, 0) is 9.47 Å². The summed E-state index contributed by atoms with van der Waals surface area (Å²) in [7, 11) is 0. The summed E-state index contributed by atoms with van der Waals surface area (Å²) < 4.78 is 16.9. The molecule has 4 rings (SSSR count). The third-order valence-electron chi connectivity index (χ3n) is 6.21. The molecule has 1 aromatic carbocycles. The monoisotopic (exact) mass is 430 g/mol. The van der Waals surface area contributed by atoms with Gasteiger partial charge in [-0.2, -0.15) is 0 Å². The van der Waals surface area contributed by atoms with Gasteiger partial charge in [0.1, 0.15) is 18.0 Å². The average molecular weight is 431 g/mol. The van der Waals surface area contributed by atoms with Crippen molar-refractivity contribution in [1.29, 1.82) is 0 Å². The van der Waals surface area contributed by atoms with Crippen molar-refractivity contribution in [1.82, 2.24) is 10.2 Å². The van der Waals surface area contributed by atoms with E-state index >= 15 is 0 Å². The lowest BCUT2D eigenvalue weighted by Crippen LogP contribution is -2.43. The van der Waals surface area contributed by atoms with Gasteiger partial charge in [0.15, 0.2) is 0 Å². The number of rotatable bonds is 5. The maximum absolute atomic E-state index is 12.9. The molecule has 0 aliphatic carbocycles. The molecule has 3 aliphatic heterocycles. The summed E-state index contributed by atoms with van der Waals surface area (Å²) in [5.41, 5.74) is 2.72. The van der Waals surface area contributed by atoms with Crippen molar-refractivity contribution in [3.05, 3.63) is 35.4 Å². The van der Waals surface area contributed by atoms with Crippen molar-refractivity contribution in [3.8, 4) is 5.75 Å². The van der Waals surface area contributed by atoms with E-state index in [-0.39, 0.29) is 30.8 Å². The third-order valence-corrected chi connectivity index (χ3v) is 6.21. The zero-order valence-corrected chi connectivity index (χ0v) is 18.7. The summed E-state index contributed by atoms with van der Waals surface area (Å²) in [5.74, 6) is 0.814. The number of aliphatic hydroxyl groups is 1. The Kier molecular flexibility index (Phi) is 6.55. The lowest BCUT2D eigenvalue weighted by Gasteiger charge is -2.31. The molecule has 7 nitrogen and oxygen atoms in total. The first-order chi connectivity index (χ1) is 14.8. The van der Waals surface area contributed by atoms with Gasteiger partial charge in [0, 0.05) is 12.1 Å². The van der Waals surface area contributed by atoms with Crippen molar-refractivity contribution in [2.45, 2.75) is 70.2 Å². The van der Waals surface area contributed by atoms with Gasteiger partial charge in [0.05, 0.1) is 26.0 Å². The van der Waals surface area contributed by atoms with E-state index in [1.807, 2.05) is 37.8 Å². The topological polar surface area (TPSA) is 80.3 Å². The Balaban J connectivity index is 1.48. The summed E-state index contributed by atoms with van der Waals surface area (Å²) in [6.45, 7) is 7.51. The van der Waals surface area contributed by atoms with Crippen LogP contribution in [0.4, 0.5) is 4.79 Å². The first-order valence-corrected chi connectivity index (χ1v) is 11.2.